The van der Waals surface area contributed by atoms with Crippen LogP contribution in [0.5, 0.6) is 0 Å². The van der Waals surface area contributed by atoms with Crippen molar-refractivity contribution in [3.63, 3.8) is 0 Å². The Kier molecular flexibility index (Phi) is 4.68. The first-order valence-corrected chi connectivity index (χ1v) is 9.92. The van der Waals surface area contributed by atoms with Gasteiger partial charge in [-0.2, -0.15) is 0 Å². The maximum Gasteiger partial charge on any atom is 0.262 e. The van der Waals surface area contributed by atoms with E-state index in [1.54, 1.807) is 0 Å². The second-order valence-corrected chi connectivity index (χ2v) is 7.68. The molecule has 0 N–H and O–H groups in total. The van der Waals surface area contributed by atoms with Crippen LogP contribution < -0.4 is 5.56 Å². The van der Waals surface area contributed by atoms with Crippen LogP contribution in [0.15, 0.2) is 52.5 Å². The average molecular weight is 367 g/mol. The molecule has 1 fully saturated rings. The summed E-state index contributed by atoms with van der Waals surface area (Å²) in [6, 6.07) is 11.3. The fourth-order valence-electron chi connectivity index (χ4n) is 3.67. The number of rotatable bonds is 5. The minimum absolute atomic E-state index is 0.0105. The molecule has 0 spiro atoms. The third kappa shape index (κ3) is 3.09. The van der Waals surface area contributed by atoms with E-state index in [2.05, 4.69) is 0 Å². The summed E-state index contributed by atoms with van der Waals surface area (Å²) in [5.41, 5.74) is 1.38. The normalized spacial score (nSPS) is 15.0. The van der Waals surface area contributed by atoms with Crippen molar-refractivity contribution in [1.29, 1.82) is 0 Å². The first-order chi connectivity index (χ1) is 12.6. The molecule has 0 bridgehead atoms. The highest BCUT2D eigenvalue weighted by atomic mass is 32.2. The maximum atomic E-state index is 13.1. The van der Waals surface area contributed by atoms with E-state index in [4.69, 9.17) is 4.98 Å². The summed E-state index contributed by atoms with van der Waals surface area (Å²) >= 11 is 1.37. The molecule has 0 saturated heterocycles. The Morgan fingerprint density at radius 1 is 1.19 bits per heavy atom. The van der Waals surface area contributed by atoms with E-state index in [1.165, 1.54) is 11.8 Å². The lowest BCUT2D eigenvalue weighted by Gasteiger charge is -2.18. The lowest BCUT2D eigenvalue weighted by molar-refractivity contribution is 0.101. The highest BCUT2D eigenvalue weighted by Gasteiger charge is 2.23. The van der Waals surface area contributed by atoms with Gasteiger partial charge in [0.25, 0.3) is 5.56 Å². The van der Waals surface area contributed by atoms with Gasteiger partial charge in [-0.15, -0.1) is 0 Å². The summed E-state index contributed by atoms with van der Waals surface area (Å²) < 4.78 is 3.65. The van der Waals surface area contributed by atoms with Gasteiger partial charge in [0.15, 0.2) is 10.9 Å². The predicted octanol–water partition coefficient (Wildman–Crippen LogP) is 3.83. The van der Waals surface area contributed by atoms with Crippen molar-refractivity contribution < 1.29 is 4.79 Å². The van der Waals surface area contributed by atoms with Gasteiger partial charge in [-0.1, -0.05) is 36.7 Å². The zero-order valence-electron chi connectivity index (χ0n) is 14.7. The van der Waals surface area contributed by atoms with Crippen molar-refractivity contribution in [2.75, 3.05) is 5.75 Å². The maximum absolute atomic E-state index is 13.1. The Morgan fingerprint density at radius 3 is 2.69 bits per heavy atom. The second-order valence-electron chi connectivity index (χ2n) is 6.74. The number of hydrogen-bond donors (Lipinski definition) is 0. The molecule has 0 aliphatic heterocycles. The molecule has 5 nitrogen and oxygen atoms in total. The number of Topliss-reactive ketones (excluding diaryl/α,β-unsaturated/α-hetero) is 1. The smallest absolute Gasteiger partial charge is 0.262 e. The molecule has 2 aromatic heterocycles. The summed E-state index contributed by atoms with van der Waals surface area (Å²) in [7, 11) is 1.86. The molecule has 4 rings (SSSR count). The van der Waals surface area contributed by atoms with Gasteiger partial charge in [-0.3, -0.25) is 14.2 Å². The molecule has 0 unspecified atom stereocenters. The van der Waals surface area contributed by atoms with Crippen LogP contribution >= 0.6 is 11.8 Å². The van der Waals surface area contributed by atoms with Crippen LogP contribution in [0.2, 0.25) is 0 Å². The van der Waals surface area contributed by atoms with Crippen LogP contribution in [-0.2, 0) is 7.05 Å². The fraction of sp³-hybridized carbons (Fsp3) is 0.350. The number of benzene rings is 1. The molecule has 0 radical (unpaired) electrons. The van der Waals surface area contributed by atoms with Crippen LogP contribution in [0.1, 0.15) is 42.2 Å². The summed E-state index contributed by atoms with van der Waals surface area (Å²) in [4.78, 5) is 30.3. The standard InChI is InChI=1S/C20H21N3O2S/c1-22-12-6-11-17(22)18(24)13-26-20-21-16-10-5-4-9-15(16)19(25)23(20)14-7-2-3-8-14/h4-6,9-12,14H,2-3,7-8,13H2,1H3. The van der Waals surface area contributed by atoms with Gasteiger partial charge >= 0.3 is 0 Å². The van der Waals surface area contributed by atoms with E-state index in [1.807, 2.05) is 58.8 Å². The van der Waals surface area contributed by atoms with Crippen LogP contribution in [0, 0.1) is 0 Å². The molecule has 3 aromatic rings. The third-order valence-electron chi connectivity index (χ3n) is 5.03. The second kappa shape index (κ2) is 7.11. The van der Waals surface area contributed by atoms with Gasteiger partial charge in [-0.05, 0) is 37.1 Å². The summed E-state index contributed by atoms with van der Waals surface area (Å²) in [6.07, 6.45) is 6.13. The molecule has 134 valence electrons. The van der Waals surface area contributed by atoms with E-state index >= 15 is 0 Å². The van der Waals surface area contributed by atoms with Crippen LogP contribution in [-0.4, -0.2) is 25.7 Å². The van der Waals surface area contributed by atoms with Gasteiger partial charge in [0.05, 0.1) is 22.3 Å². The highest BCUT2D eigenvalue weighted by Crippen LogP contribution is 2.32. The fourth-order valence-corrected chi connectivity index (χ4v) is 4.61. The Labute approximate surface area is 156 Å². The van der Waals surface area contributed by atoms with Crippen molar-refractivity contribution in [1.82, 2.24) is 14.1 Å². The monoisotopic (exact) mass is 367 g/mol. The summed E-state index contributed by atoms with van der Waals surface area (Å²) in [5.74, 6) is 0.318. The molecule has 0 amide bonds. The lowest BCUT2D eigenvalue weighted by Crippen LogP contribution is -2.26. The number of carbonyl (C=O) groups excluding carboxylic acids is 1. The zero-order valence-corrected chi connectivity index (χ0v) is 15.5. The molecule has 1 aliphatic carbocycles. The SMILES string of the molecule is Cn1cccc1C(=O)CSc1nc2ccccc2c(=O)n1C1CCCC1. The average Bonchev–Trinajstić information content (AvgIpc) is 3.31. The number of para-hydroxylation sites is 1. The van der Waals surface area contributed by atoms with Gasteiger partial charge in [-0.25, -0.2) is 4.98 Å². The number of ketones is 1. The number of thioether (sulfide) groups is 1. The van der Waals surface area contributed by atoms with Crippen LogP contribution in [0.25, 0.3) is 10.9 Å². The Hall–Kier alpha value is -2.34. The number of carbonyl (C=O) groups is 1. The van der Waals surface area contributed by atoms with Gasteiger partial charge in [0.1, 0.15) is 0 Å². The van der Waals surface area contributed by atoms with Gasteiger partial charge in [0.2, 0.25) is 0 Å². The summed E-state index contributed by atoms with van der Waals surface area (Å²) in [5, 5.41) is 1.31. The minimum Gasteiger partial charge on any atom is -0.348 e. The minimum atomic E-state index is 0.0105. The summed E-state index contributed by atoms with van der Waals surface area (Å²) in [6.45, 7) is 0. The van der Waals surface area contributed by atoms with Crippen LogP contribution in [0.3, 0.4) is 0 Å². The van der Waals surface area contributed by atoms with E-state index < -0.39 is 0 Å². The van der Waals surface area contributed by atoms with E-state index in [9.17, 15) is 9.59 Å². The quantitative estimate of drug-likeness (QED) is 0.391. The van der Waals surface area contributed by atoms with Crippen molar-refractivity contribution in [2.24, 2.45) is 7.05 Å². The van der Waals surface area contributed by atoms with Gasteiger partial charge < -0.3 is 4.57 Å². The number of fused-ring (bicyclic) bond motifs is 1. The Balaban J connectivity index is 1.71. The number of aromatic nitrogens is 3. The lowest BCUT2D eigenvalue weighted by atomic mass is 10.2. The number of aryl methyl sites for hydroxylation is 1. The van der Waals surface area contributed by atoms with Crippen molar-refractivity contribution in [3.8, 4) is 0 Å². The number of nitrogens with zero attached hydrogens (tertiary/aromatic N) is 3. The van der Waals surface area contributed by atoms with E-state index in [0.29, 0.717) is 21.8 Å². The molecule has 2 heterocycles. The molecule has 1 aliphatic rings. The molecule has 6 heteroatoms. The predicted molar refractivity (Wildman–Crippen MR) is 104 cm³/mol. The molecular weight excluding hydrogens is 346 g/mol. The number of hydrogen-bond acceptors (Lipinski definition) is 4. The Morgan fingerprint density at radius 2 is 1.96 bits per heavy atom. The van der Waals surface area contributed by atoms with Gasteiger partial charge in [0, 0.05) is 19.3 Å². The molecule has 26 heavy (non-hydrogen) atoms. The zero-order chi connectivity index (χ0) is 18.1. The topological polar surface area (TPSA) is 56.9 Å². The molecule has 1 saturated carbocycles. The van der Waals surface area contributed by atoms with E-state index in [0.717, 1.165) is 25.7 Å². The first kappa shape index (κ1) is 17.1. The highest BCUT2D eigenvalue weighted by molar-refractivity contribution is 7.99. The molecule has 0 atom stereocenters. The third-order valence-corrected chi connectivity index (χ3v) is 5.98. The van der Waals surface area contributed by atoms with Crippen molar-refractivity contribution >= 4 is 28.4 Å². The molecule has 1 aromatic carbocycles. The van der Waals surface area contributed by atoms with E-state index in [-0.39, 0.29) is 23.1 Å². The van der Waals surface area contributed by atoms with Crippen LogP contribution in [0.4, 0.5) is 0 Å². The van der Waals surface area contributed by atoms with Crippen molar-refractivity contribution in [2.45, 2.75) is 36.9 Å². The van der Waals surface area contributed by atoms with Crippen molar-refractivity contribution in [3.05, 3.63) is 58.6 Å². The first-order valence-electron chi connectivity index (χ1n) is 8.94. The Bertz CT molecular complexity index is 1020. The largest absolute Gasteiger partial charge is 0.348 e. The molecular formula is C20H21N3O2S.